The van der Waals surface area contributed by atoms with Gasteiger partial charge in [-0.15, -0.1) is 0 Å². The predicted octanol–water partition coefficient (Wildman–Crippen LogP) is 2.75. The van der Waals surface area contributed by atoms with Crippen molar-refractivity contribution in [1.82, 2.24) is 10.2 Å². The third-order valence-electron chi connectivity index (χ3n) is 4.87. The van der Waals surface area contributed by atoms with Gasteiger partial charge in [0.15, 0.2) is 0 Å². The smallest absolute Gasteiger partial charge is 0.253 e. The molecule has 0 saturated carbocycles. The number of thioether (sulfide) groups is 1. The second-order valence-electron chi connectivity index (χ2n) is 6.98. The highest BCUT2D eigenvalue weighted by molar-refractivity contribution is 7.99. The summed E-state index contributed by atoms with van der Waals surface area (Å²) in [5, 5.41) is 6.33. The lowest BCUT2D eigenvalue weighted by molar-refractivity contribution is -0.116. The van der Waals surface area contributed by atoms with E-state index in [1.807, 2.05) is 23.6 Å². The first kappa shape index (κ1) is 20.0. The molecular weight excluding hydrogens is 362 g/mol. The number of hydrogen-bond donors (Lipinski definition) is 2. The molecular formula is C20H29N3O3S. The lowest BCUT2D eigenvalue weighted by Crippen LogP contribution is -2.40. The van der Waals surface area contributed by atoms with Crippen molar-refractivity contribution in [2.24, 2.45) is 0 Å². The SMILES string of the molecule is CCOc1ccc(C(=O)N2CCCCC2)cc1NC(=O)CC1CSCCN1. The number of amides is 2. The summed E-state index contributed by atoms with van der Waals surface area (Å²) in [4.78, 5) is 27.2. The number of nitrogens with zero attached hydrogens (tertiary/aromatic N) is 1. The Morgan fingerprint density at radius 3 is 2.81 bits per heavy atom. The summed E-state index contributed by atoms with van der Waals surface area (Å²) in [6.07, 6.45) is 3.71. The highest BCUT2D eigenvalue weighted by atomic mass is 32.2. The second kappa shape index (κ2) is 9.99. The zero-order valence-corrected chi connectivity index (χ0v) is 16.8. The summed E-state index contributed by atoms with van der Waals surface area (Å²) in [5.41, 5.74) is 1.18. The van der Waals surface area contributed by atoms with Crippen molar-refractivity contribution in [2.45, 2.75) is 38.6 Å². The van der Waals surface area contributed by atoms with Crippen LogP contribution in [0, 0.1) is 0 Å². The molecule has 2 fully saturated rings. The molecule has 27 heavy (non-hydrogen) atoms. The van der Waals surface area contributed by atoms with E-state index in [0.717, 1.165) is 44.0 Å². The minimum Gasteiger partial charge on any atom is -0.492 e. The highest BCUT2D eigenvalue weighted by Crippen LogP contribution is 2.27. The maximum atomic E-state index is 12.8. The van der Waals surface area contributed by atoms with Crippen LogP contribution in [0.3, 0.4) is 0 Å². The number of carbonyl (C=O) groups excluding carboxylic acids is 2. The number of benzene rings is 1. The Bertz CT molecular complexity index is 656. The Hall–Kier alpha value is -1.73. The molecule has 6 nitrogen and oxygen atoms in total. The number of carbonyl (C=O) groups is 2. The van der Waals surface area contributed by atoms with Crippen molar-refractivity contribution in [1.29, 1.82) is 0 Å². The van der Waals surface area contributed by atoms with Crippen molar-refractivity contribution in [2.75, 3.05) is 43.1 Å². The Morgan fingerprint density at radius 1 is 1.30 bits per heavy atom. The van der Waals surface area contributed by atoms with Gasteiger partial charge in [-0.1, -0.05) is 0 Å². The number of rotatable bonds is 6. The third-order valence-corrected chi connectivity index (χ3v) is 6.00. The van der Waals surface area contributed by atoms with Crippen molar-refractivity contribution in [3.05, 3.63) is 23.8 Å². The van der Waals surface area contributed by atoms with Crippen molar-refractivity contribution in [3.8, 4) is 5.75 Å². The molecule has 3 rings (SSSR count). The minimum absolute atomic E-state index is 0.0265. The van der Waals surface area contributed by atoms with Gasteiger partial charge in [0.05, 0.1) is 12.3 Å². The molecule has 2 saturated heterocycles. The molecule has 2 aliphatic heterocycles. The molecule has 1 aromatic carbocycles. The molecule has 0 aliphatic carbocycles. The van der Waals surface area contributed by atoms with E-state index < -0.39 is 0 Å². The van der Waals surface area contributed by atoms with Crippen LogP contribution >= 0.6 is 11.8 Å². The highest BCUT2D eigenvalue weighted by Gasteiger charge is 2.21. The fraction of sp³-hybridized carbons (Fsp3) is 0.600. The monoisotopic (exact) mass is 391 g/mol. The Morgan fingerprint density at radius 2 is 2.11 bits per heavy atom. The molecule has 148 valence electrons. The van der Waals surface area contributed by atoms with Gasteiger partial charge < -0.3 is 20.3 Å². The van der Waals surface area contributed by atoms with Gasteiger partial charge in [0, 0.05) is 49.2 Å². The van der Waals surface area contributed by atoms with Gasteiger partial charge in [0.2, 0.25) is 5.91 Å². The van der Waals surface area contributed by atoms with Crippen LogP contribution in [0.15, 0.2) is 18.2 Å². The summed E-state index contributed by atoms with van der Waals surface area (Å²) >= 11 is 1.87. The molecule has 0 aromatic heterocycles. The molecule has 2 amide bonds. The normalized spacial score (nSPS) is 20.2. The van der Waals surface area contributed by atoms with E-state index in [-0.39, 0.29) is 17.9 Å². The molecule has 0 spiro atoms. The number of piperidine rings is 1. The third kappa shape index (κ3) is 5.62. The van der Waals surface area contributed by atoms with Gasteiger partial charge in [-0.25, -0.2) is 0 Å². The average molecular weight is 392 g/mol. The zero-order chi connectivity index (χ0) is 19.1. The molecule has 1 unspecified atom stereocenters. The van der Waals surface area contributed by atoms with Crippen molar-refractivity contribution >= 4 is 29.3 Å². The lowest BCUT2D eigenvalue weighted by Gasteiger charge is -2.27. The molecule has 0 radical (unpaired) electrons. The number of hydrogen-bond acceptors (Lipinski definition) is 5. The van der Waals surface area contributed by atoms with E-state index in [1.54, 1.807) is 18.2 Å². The average Bonchev–Trinajstić information content (AvgIpc) is 2.70. The molecule has 2 heterocycles. The molecule has 1 atom stereocenters. The fourth-order valence-corrected chi connectivity index (χ4v) is 4.45. The van der Waals surface area contributed by atoms with E-state index in [1.165, 1.54) is 6.42 Å². The number of ether oxygens (including phenoxy) is 1. The lowest BCUT2D eigenvalue weighted by atomic mass is 10.1. The summed E-state index contributed by atoms with van der Waals surface area (Å²) in [7, 11) is 0. The van der Waals surface area contributed by atoms with Crippen LogP contribution in [0.25, 0.3) is 0 Å². The van der Waals surface area contributed by atoms with Gasteiger partial charge in [0.1, 0.15) is 5.75 Å². The topological polar surface area (TPSA) is 70.7 Å². The first-order valence-corrected chi connectivity index (χ1v) is 11.0. The van der Waals surface area contributed by atoms with Crippen LogP contribution in [0.4, 0.5) is 5.69 Å². The van der Waals surface area contributed by atoms with Crippen molar-refractivity contribution < 1.29 is 14.3 Å². The van der Waals surface area contributed by atoms with E-state index in [2.05, 4.69) is 10.6 Å². The summed E-state index contributed by atoms with van der Waals surface area (Å²) < 4.78 is 5.65. The van der Waals surface area contributed by atoms with Crippen LogP contribution in [0.1, 0.15) is 43.0 Å². The van der Waals surface area contributed by atoms with Crippen LogP contribution in [0.2, 0.25) is 0 Å². The van der Waals surface area contributed by atoms with Gasteiger partial charge in [-0.3, -0.25) is 9.59 Å². The quantitative estimate of drug-likeness (QED) is 0.780. The molecule has 1 aromatic rings. The van der Waals surface area contributed by atoms with Gasteiger partial charge in [-0.05, 0) is 44.4 Å². The van der Waals surface area contributed by atoms with Crippen LogP contribution < -0.4 is 15.4 Å². The summed E-state index contributed by atoms with van der Waals surface area (Å²) in [5.74, 6) is 2.61. The van der Waals surface area contributed by atoms with Crippen LogP contribution in [-0.2, 0) is 4.79 Å². The minimum atomic E-state index is -0.0569. The number of nitrogens with one attached hydrogen (secondary N) is 2. The van der Waals surface area contributed by atoms with E-state index in [9.17, 15) is 9.59 Å². The Labute approximate surface area is 165 Å². The van der Waals surface area contributed by atoms with Gasteiger partial charge in [-0.2, -0.15) is 11.8 Å². The standard InChI is InChI=1S/C20H29N3O3S/c1-2-26-18-7-6-15(20(25)23-9-4-3-5-10-23)12-17(18)22-19(24)13-16-14-27-11-8-21-16/h6-7,12,16,21H,2-5,8-11,13-14H2,1H3,(H,22,24). The Kier molecular flexibility index (Phi) is 7.41. The second-order valence-corrected chi connectivity index (χ2v) is 8.12. The van der Waals surface area contributed by atoms with E-state index in [0.29, 0.717) is 30.0 Å². The van der Waals surface area contributed by atoms with Crippen LogP contribution in [0.5, 0.6) is 5.75 Å². The van der Waals surface area contributed by atoms with Gasteiger partial charge >= 0.3 is 0 Å². The van der Waals surface area contributed by atoms with Crippen LogP contribution in [-0.4, -0.2) is 60.5 Å². The predicted molar refractivity (Wildman–Crippen MR) is 110 cm³/mol. The zero-order valence-electron chi connectivity index (χ0n) is 16.0. The Balaban J connectivity index is 1.70. The molecule has 2 N–H and O–H groups in total. The molecule has 7 heteroatoms. The molecule has 2 aliphatic rings. The number of likely N-dealkylation sites (tertiary alicyclic amines) is 1. The first-order chi connectivity index (χ1) is 13.2. The summed E-state index contributed by atoms with van der Waals surface area (Å²) in [6.45, 7) is 4.95. The summed E-state index contributed by atoms with van der Waals surface area (Å²) in [6, 6.07) is 5.52. The van der Waals surface area contributed by atoms with E-state index >= 15 is 0 Å². The number of anilines is 1. The first-order valence-electron chi connectivity index (χ1n) is 9.84. The fourth-order valence-electron chi connectivity index (χ4n) is 3.50. The van der Waals surface area contributed by atoms with Crippen molar-refractivity contribution in [3.63, 3.8) is 0 Å². The largest absolute Gasteiger partial charge is 0.492 e. The maximum absolute atomic E-state index is 12.8. The van der Waals surface area contributed by atoms with Gasteiger partial charge in [0.25, 0.3) is 5.91 Å². The maximum Gasteiger partial charge on any atom is 0.253 e. The molecule has 0 bridgehead atoms. The van der Waals surface area contributed by atoms with E-state index in [4.69, 9.17) is 4.74 Å².